The van der Waals surface area contributed by atoms with Crippen LogP contribution >= 0.6 is 0 Å². The van der Waals surface area contributed by atoms with E-state index in [0.29, 0.717) is 0 Å². The average molecular weight is 360 g/mol. The first kappa shape index (κ1) is 20.8. The molecule has 3 heteroatoms. The molecule has 0 atom stereocenters. The van der Waals surface area contributed by atoms with Crippen molar-refractivity contribution in [3.63, 3.8) is 0 Å². The lowest BCUT2D eigenvalue weighted by Gasteiger charge is -2.16. The zero-order chi connectivity index (χ0) is 18.5. The quantitative estimate of drug-likeness (QED) is 0.345. The Bertz CT molecular complexity index is 539. The lowest BCUT2D eigenvalue weighted by molar-refractivity contribution is 0.281. The molecule has 1 aliphatic rings. The Morgan fingerprint density at radius 2 is 1.96 bits per heavy atom. The Labute approximate surface area is 160 Å². The molecule has 0 heterocycles. The van der Waals surface area contributed by atoms with Gasteiger partial charge in [-0.1, -0.05) is 56.4 Å². The lowest BCUT2D eigenvalue weighted by atomic mass is 9.97. The second kappa shape index (κ2) is 12.8. The number of hydrogen-bond acceptors (Lipinski definition) is 3. The van der Waals surface area contributed by atoms with Crippen LogP contribution in [0.4, 0.5) is 0 Å². The highest BCUT2D eigenvalue weighted by Crippen LogP contribution is 2.31. The summed E-state index contributed by atoms with van der Waals surface area (Å²) in [5.74, 6) is 1.75. The number of unbranched alkanes of at least 4 members (excludes halogenated alkanes) is 4. The number of benzene rings is 1. The third-order valence-corrected chi connectivity index (χ3v) is 5.10. The SMILES string of the molecule is CCCCCCCOc1c(CNCCC2=CCCCC2)cccc1OC. The number of rotatable bonds is 13. The van der Waals surface area contributed by atoms with Gasteiger partial charge < -0.3 is 14.8 Å². The molecule has 0 saturated heterocycles. The summed E-state index contributed by atoms with van der Waals surface area (Å²) >= 11 is 0. The van der Waals surface area contributed by atoms with E-state index in [1.165, 1.54) is 56.9 Å². The number of hydrogen-bond donors (Lipinski definition) is 1. The van der Waals surface area contributed by atoms with Crippen LogP contribution < -0.4 is 14.8 Å². The summed E-state index contributed by atoms with van der Waals surface area (Å²) in [5, 5.41) is 3.58. The largest absolute Gasteiger partial charge is 0.493 e. The maximum Gasteiger partial charge on any atom is 0.165 e. The number of ether oxygens (including phenoxy) is 2. The first-order chi connectivity index (χ1) is 12.8. The van der Waals surface area contributed by atoms with E-state index in [9.17, 15) is 0 Å². The molecule has 2 rings (SSSR count). The highest BCUT2D eigenvalue weighted by molar-refractivity contribution is 5.46. The third-order valence-electron chi connectivity index (χ3n) is 5.10. The van der Waals surface area contributed by atoms with Gasteiger partial charge in [0, 0.05) is 12.1 Å². The normalized spacial score (nSPS) is 14.2. The molecule has 1 N–H and O–H groups in total. The van der Waals surface area contributed by atoms with Crippen molar-refractivity contribution in [3.05, 3.63) is 35.4 Å². The van der Waals surface area contributed by atoms with Crippen LogP contribution in [0, 0.1) is 0 Å². The molecule has 0 unspecified atom stereocenters. The van der Waals surface area contributed by atoms with Gasteiger partial charge in [0.15, 0.2) is 11.5 Å². The van der Waals surface area contributed by atoms with Gasteiger partial charge in [-0.3, -0.25) is 0 Å². The molecule has 1 aromatic carbocycles. The molecular weight excluding hydrogens is 322 g/mol. The fraction of sp³-hybridized carbons (Fsp3) is 0.652. The second-order valence-electron chi connectivity index (χ2n) is 7.25. The minimum Gasteiger partial charge on any atom is -0.493 e. The molecule has 0 radical (unpaired) electrons. The van der Waals surface area contributed by atoms with Crippen molar-refractivity contribution >= 4 is 0 Å². The van der Waals surface area contributed by atoms with E-state index >= 15 is 0 Å². The van der Waals surface area contributed by atoms with Crippen molar-refractivity contribution in [1.82, 2.24) is 5.32 Å². The average Bonchev–Trinajstić information content (AvgIpc) is 2.69. The summed E-state index contributed by atoms with van der Waals surface area (Å²) in [7, 11) is 1.72. The summed E-state index contributed by atoms with van der Waals surface area (Å²) in [4.78, 5) is 0. The summed E-state index contributed by atoms with van der Waals surface area (Å²) in [6.45, 7) is 4.87. The van der Waals surface area contributed by atoms with Gasteiger partial charge in [-0.05, 0) is 51.1 Å². The van der Waals surface area contributed by atoms with Crippen molar-refractivity contribution in [2.24, 2.45) is 0 Å². The molecule has 3 nitrogen and oxygen atoms in total. The Hall–Kier alpha value is -1.48. The molecule has 0 fully saturated rings. The lowest BCUT2D eigenvalue weighted by Crippen LogP contribution is -2.16. The topological polar surface area (TPSA) is 30.5 Å². The minimum absolute atomic E-state index is 0.768. The standard InChI is InChI=1S/C23H37NO2/c1-3-4-5-6-10-18-26-23-21(14-11-15-22(23)25-2)19-24-17-16-20-12-8-7-9-13-20/h11-12,14-15,24H,3-10,13,16-19H2,1-2H3. The van der Waals surface area contributed by atoms with Crippen molar-refractivity contribution in [2.45, 2.75) is 77.7 Å². The van der Waals surface area contributed by atoms with E-state index in [1.807, 2.05) is 12.1 Å². The van der Waals surface area contributed by atoms with E-state index in [1.54, 1.807) is 12.7 Å². The first-order valence-corrected chi connectivity index (χ1v) is 10.5. The van der Waals surface area contributed by atoms with E-state index < -0.39 is 0 Å². The van der Waals surface area contributed by atoms with Gasteiger partial charge in [-0.15, -0.1) is 0 Å². The monoisotopic (exact) mass is 359 g/mol. The maximum atomic E-state index is 6.11. The van der Waals surface area contributed by atoms with E-state index in [4.69, 9.17) is 9.47 Å². The number of allylic oxidation sites excluding steroid dienone is 1. The summed E-state index contributed by atoms with van der Waals surface area (Å²) in [6, 6.07) is 6.18. The van der Waals surface area contributed by atoms with Crippen LogP contribution in [0.1, 0.15) is 76.7 Å². The van der Waals surface area contributed by atoms with Crippen molar-refractivity contribution < 1.29 is 9.47 Å². The third kappa shape index (κ3) is 7.41. The molecule has 0 bridgehead atoms. The van der Waals surface area contributed by atoms with Gasteiger partial charge >= 0.3 is 0 Å². The molecule has 1 aliphatic carbocycles. The van der Waals surface area contributed by atoms with Crippen molar-refractivity contribution in [1.29, 1.82) is 0 Å². The van der Waals surface area contributed by atoms with Gasteiger partial charge in [0.25, 0.3) is 0 Å². The van der Waals surface area contributed by atoms with Gasteiger partial charge in [-0.25, -0.2) is 0 Å². The van der Waals surface area contributed by atoms with Crippen LogP contribution in [0.3, 0.4) is 0 Å². The van der Waals surface area contributed by atoms with Crippen LogP contribution in [0.2, 0.25) is 0 Å². The van der Waals surface area contributed by atoms with Crippen molar-refractivity contribution in [3.8, 4) is 11.5 Å². The zero-order valence-corrected chi connectivity index (χ0v) is 16.8. The van der Waals surface area contributed by atoms with Gasteiger partial charge in [-0.2, -0.15) is 0 Å². The molecule has 0 spiro atoms. The highest BCUT2D eigenvalue weighted by atomic mass is 16.5. The Kier molecular flexibility index (Phi) is 10.3. The molecule has 26 heavy (non-hydrogen) atoms. The molecule has 146 valence electrons. The fourth-order valence-corrected chi connectivity index (χ4v) is 3.51. The number of nitrogens with one attached hydrogen (secondary N) is 1. The van der Waals surface area contributed by atoms with Crippen LogP contribution in [0.25, 0.3) is 0 Å². The van der Waals surface area contributed by atoms with E-state index in [-0.39, 0.29) is 0 Å². The molecule has 0 aromatic heterocycles. The molecule has 1 aromatic rings. The zero-order valence-electron chi connectivity index (χ0n) is 16.8. The summed E-state index contributed by atoms with van der Waals surface area (Å²) in [5.41, 5.74) is 2.81. The van der Waals surface area contributed by atoms with Crippen LogP contribution in [0.15, 0.2) is 29.8 Å². The van der Waals surface area contributed by atoms with E-state index in [2.05, 4.69) is 24.4 Å². The Morgan fingerprint density at radius 3 is 2.73 bits per heavy atom. The Morgan fingerprint density at radius 1 is 1.08 bits per heavy atom. The second-order valence-corrected chi connectivity index (χ2v) is 7.25. The first-order valence-electron chi connectivity index (χ1n) is 10.5. The van der Waals surface area contributed by atoms with Gasteiger partial charge in [0.2, 0.25) is 0 Å². The predicted octanol–water partition coefficient (Wildman–Crippen LogP) is 6.02. The van der Waals surface area contributed by atoms with Gasteiger partial charge in [0.1, 0.15) is 0 Å². The molecule has 0 saturated carbocycles. The fourth-order valence-electron chi connectivity index (χ4n) is 3.51. The van der Waals surface area contributed by atoms with Crippen LogP contribution in [-0.2, 0) is 6.54 Å². The van der Waals surface area contributed by atoms with Crippen molar-refractivity contribution in [2.75, 3.05) is 20.3 Å². The Balaban J connectivity index is 1.79. The summed E-state index contributed by atoms with van der Waals surface area (Å²) < 4.78 is 11.6. The van der Waals surface area contributed by atoms with Crippen LogP contribution in [0.5, 0.6) is 11.5 Å². The number of methoxy groups -OCH3 is 1. The molecule has 0 aliphatic heterocycles. The number of para-hydroxylation sites is 1. The highest BCUT2D eigenvalue weighted by Gasteiger charge is 2.10. The molecular formula is C23H37NO2. The van der Waals surface area contributed by atoms with Crippen LogP contribution in [-0.4, -0.2) is 20.3 Å². The smallest absolute Gasteiger partial charge is 0.165 e. The predicted molar refractivity (Wildman–Crippen MR) is 110 cm³/mol. The maximum absolute atomic E-state index is 6.11. The van der Waals surface area contributed by atoms with E-state index in [0.717, 1.165) is 44.0 Å². The minimum atomic E-state index is 0.768. The molecule has 0 amide bonds. The van der Waals surface area contributed by atoms with Gasteiger partial charge in [0.05, 0.1) is 13.7 Å². The summed E-state index contributed by atoms with van der Waals surface area (Å²) in [6.07, 6.45) is 15.1.